The average molecular weight is 1270 g/mol. The second-order valence-electron chi connectivity index (χ2n) is 35.4. The summed E-state index contributed by atoms with van der Waals surface area (Å²) in [5.41, 5.74) is 28.8. The molecule has 9 aromatic carbocycles. The van der Waals surface area contributed by atoms with Crippen LogP contribution in [0.2, 0.25) is 0 Å². The van der Waals surface area contributed by atoms with Crippen molar-refractivity contribution in [1.29, 1.82) is 0 Å². The molecule has 5 heteroatoms. The van der Waals surface area contributed by atoms with Gasteiger partial charge in [-0.25, -0.2) is 0 Å². The van der Waals surface area contributed by atoms with Crippen molar-refractivity contribution in [3.8, 4) is 0 Å². The molecule has 0 radical (unpaired) electrons. The Labute approximate surface area is 574 Å². The van der Waals surface area contributed by atoms with Crippen LogP contribution in [-0.4, -0.2) is 6.71 Å². The number of anilines is 9. The highest BCUT2D eigenvalue weighted by atomic mass is 32.1. The molecule has 0 spiro atoms. The average Bonchev–Trinajstić information content (AvgIpc) is 1.67. The van der Waals surface area contributed by atoms with Crippen molar-refractivity contribution in [2.24, 2.45) is 0 Å². The monoisotopic (exact) mass is 1270 g/mol. The Balaban J connectivity index is 1.08. The highest BCUT2D eigenvalue weighted by molar-refractivity contribution is 7.33. The van der Waals surface area contributed by atoms with Gasteiger partial charge in [-0.1, -0.05) is 241 Å². The first kappa shape index (κ1) is 63.5. The van der Waals surface area contributed by atoms with Crippen LogP contribution in [0.4, 0.5) is 51.2 Å². The van der Waals surface area contributed by atoms with Crippen LogP contribution in [0.3, 0.4) is 0 Å². The van der Waals surface area contributed by atoms with Gasteiger partial charge in [-0.3, -0.25) is 0 Å². The normalized spacial score (nSPS) is 18.5. The summed E-state index contributed by atoms with van der Waals surface area (Å²) < 4.78 is 2.82. The van der Waals surface area contributed by atoms with Crippen molar-refractivity contribution < 1.29 is 0 Å². The summed E-state index contributed by atoms with van der Waals surface area (Å²) in [6, 6.07) is 74.6. The number of hydrogen-bond donors (Lipinski definition) is 0. The van der Waals surface area contributed by atoms with E-state index in [0.29, 0.717) is 0 Å². The fraction of sp³-hybridized carbons (Fsp3) is 0.378. The molecule has 0 saturated carbocycles. The van der Waals surface area contributed by atoms with Crippen molar-refractivity contribution >= 4 is 95.0 Å². The zero-order valence-electron chi connectivity index (χ0n) is 60.5. The lowest BCUT2D eigenvalue weighted by atomic mass is 9.35. The quantitative estimate of drug-likeness (QED) is 0.133. The van der Waals surface area contributed by atoms with Gasteiger partial charge in [0.05, 0.1) is 11.4 Å². The lowest BCUT2D eigenvalue weighted by Gasteiger charge is -2.48. The first-order chi connectivity index (χ1) is 44.7. The third-order valence-corrected chi connectivity index (χ3v) is 25.8. The molecule has 0 bridgehead atoms. The van der Waals surface area contributed by atoms with Crippen molar-refractivity contribution in [2.75, 3.05) is 14.7 Å². The van der Waals surface area contributed by atoms with Gasteiger partial charge in [-0.05, 0) is 227 Å². The molecule has 484 valence electrons. The van der Waals surface area contributed by atoms with Crippen molar-refractivity contribution in [2.45, 2.75) is 219 Å². The summed E-state index contributed by atoms with van der Waals surface area (Å²) in [7, 11) is 0. The van der Waals surface area contributed by atoms with Gasteiger partial charge in [0.25, 0.3) is 6.71 Å². The Hall–Kier alpha value is -7.60. The van der Waals surface area contributed by atoms with Crippen molar-refractivity contribution in [3.63, 3.8) is 0 Å². The topological polar surface area (TPSA) is 9.72 Å². The molecule has 0 amide bonds. The van der Waals surface area contributed by atoms with Crippen molar-refractivity contribution in [1.82, 2.24) is 0 Å². The summed E-state index contributed by atoms with van der Waals surface area (Å²) in [5.74, 6) is 0. The van der Waals surface area contributed by atoms with Crippen LogP contribution in [0.15, 0.2) is 188 Å². The van der Waals surface area contributed by atoms with Crippen LogP contribution in [-0.2, 0) is 48.7 Å². The lowest BCUT2D eigenvalue weighted by Crippen LogP contribution is -2.61. The van der Waals surface area contributed by atoms with Gasteiger partial charge in [0.2, 0.25) is 0 Å². The molecule has 0 fully saturated rings. The molecule has 1 aromatic heterocycles. The maximum atomic E-state index is 2.77. The number of thiophene rings is 1. The summed E-state index contributed by atoms with van der Waals surface area (Å²) >= 11 is 2.07. The predicted molar refractivity (Wildman–Crippen MR) is 412 cm³/mol. The number of rotatable bonds is 9. The second-order valence-corrected chi connectivity index (χ2v) is 36.5. The van der Waals surface area contributed by atoms with Gasteiger partial charge in [0.15, 0.2) is 0 Å². The van der Waals surface area contributed by atoms with Gasteiger partial charge in [-0.2, -0.15) is 0 Å². The number of fused-ring (bicyclic) bond motifs is 9. The molecule has 10 aromatic rings. The molecule has 15 rings (SSSR count). The van der Waals surface area contributed by atoms with Crippen LogP contribution in [0, 0.1) is 0 Å². The fourth-order valence-corrected chi connectivity index (χ4v) is 19.0. The van der Waals surface area contributed by atoms with E-state index >= 15 is 0 Å². The molecular weight excluding hydrogens is 1170 g/mol. The molecule has 0 atom stereocenters. The van der Waals surface area contributed by atoms with Gasteiger partial charge in [-0.15, -0.1) is 11.3 Å². The Bertz CT molecular complexity index is 4590. The van der Waals surface area contributed by atoms with Gasteiger partial charge < -0.3 is 14.7 Å². The second kappa shape index (κ2) is 21.5. The van der Waals surface area contributed by atoms with Gasteiger partial charge in [0, 0.05) is 65.5 Å². The van der Waals surface area contributed by atoms with E-state index in [2.05, 4.69) is 346 Å². The molecule has 5 aliphatic rings. The van der Waals surface area contributed by atoms with E-state index in [4.69, 9.17) is 0 Å². The number of nitrogens with zero attached hydrogens (tertiary/aromatic N) is 3. The largest absolute Gasteiger partial charge is 0.311 e. The molecule has 0 saturated heterocycles. The molecule has 95 heavy (non-hydrogen) atoms. The zero-order valence-corrected chi connectivity index (χ0v) is 61.3. The minimum Gasteiger partial charge on any atom is -0.311 e. The summed E-state index contributed by atoms with van der Waals surface area (Å²) in [6.45, 7) is 46.5. The maximum absolute atomic E-state index is 2.77. The van der Waals surface area contributed by atoms with Gasteiger partial charge in [0.1, 0.15) is 0 Å². The van der Waals surface area contributed by atoms with E-state index in [9.17, 15) is 0 Å². The minimum atomic E-state index is -0.218. The van der Waals surface area contributed by atoms with E-state index in [1.807, 2.05) is 0 Å². The highest BCUT2D eigenvalue weighted by Crippen LogP contribution is 2.57. The predicted octanol–water partition coefficient (Wildman–Crippen LogP) is 23.5. The Morgan fingerprint density at radius 3 is 1.24 bits per heavy atom. The Morgan fingerprint density at radius 1 is 0.358 bits per heavy atom. The van der Waals surface area contributed by atoms with Crippen molar-refractivity contribution in [3.05, 3.63) is 249 Å². The maximum Gasteiger partial charge on any atom is 0.264 e. The van der Waals surface area contributed by atoms with Crippen LogP contribution >= 0.6 is 11.3 Å². The summed E-state index contributed by atoms with van der Waals surface area (Å²) in [5, 5.41) is 1.36. The van der Waals surface area contributed by atoms with E-state index in [-0.39, 0.29) is 55.4 Å². The van der Waals surface area contributed by atoms with Crippen LogP contribution in [0.5, 0.6) is 0 Å². The Morgan fingerprint density at radius 2 is 0.758 bits per heavy atom. The Kier molecular flexibility index (Phi) is 14.3. The lowest BCUT2D eigenvalue weighted by molar-refractivity contribution is 0.332. The van der Waals surface area contributed by atoms with Crippen LogP contribution in [0.1, 0.15) is 231 Å². The smallest absolute Gasteiger partial charge is 0.264 e. The van der Waals surface area contributed by atoms with E-state index in [1.165, 1.54) is 134 Å². The van der Waals surface area contributed by atoms with E-state index in [1.54, 1.807) is 0 Å². The first-order valence-electron chi connectivity index (χ1n) is 35.6. The molecule has 3 nitrogen and oxygen atoms in total. The third-order valence-electron chi connectivity index (χ3n) is 24.6. The van der Waals surface area contributed by atoms with E-state index < -0.39 is 0 Å². The third kappa shape index (κ3) is 10.1. The van der Waals surface area contributed by atoms with Crippen LogP contribution < -0.4 is 30.4 Å². The first-order valence-corrected chi connectivity index (χ1v) is 36.5. The van der Waals surface area contributed by atoms with Crippen LogP contribution in [0.25, 0.3) is 10.1 Å². The molecule has 3 heterocycles. The zero-order chi connectivity index (χ0) is 67.1. The summed E-state index contributed by atoms with van der Waals surface area (Å²) in [6.07, 6.45) is 6.93. The molecule has 2 aliphatic heterocycles. The highest BCUT2D eigenvalue weighted by Gasteiger charge is 2.50. The molecule has 0 unspecified atom stereocenters. The molecular formula is C90H100BN3S. The molecule has 0 N–H and O–H groups in total. The van der Waals surface area contributed by atoms with Gasteiger partial charge >= 0.3 is 0 Å². The minimum absolute atomic E-state index is 0.00523. The van der Waals surface area contributed by atoms with E-state index in [0.717, 1.165) is 42.7 Å². The number of benzene rings is 9. The SMILES string of the molecule is CC(C)(C)c1ccc(N2c3cc(N(c4ccc(C(C)(C)c5ccccc5)cc4)c4ccc(C(C)(C)c5ccccc5)cc4)cc4c3B(c3cc5c(cc3N4c3ccc4c(c3)C(C)(C)CCC4(C)C)C(C)(C)CCC5(C)C)c3sc4cc5c(cc4c32)C(C)(C)CCC5(C)C)cc1. The number of hydrogen-bond acceptors (Lipinski definition) is 4. The molecule has 3 aliphatic carbocycles. The summed E-state index contributed by atoms with van der Waals surface area (Å²) in [4.78, 5) is 8.09. The fourth-order valence-electron chi connectivity index (χ4n) is 17.6. The standard InChI is InChI=1S/C90H100BN3S/c1-82(2,3)57-30-36-64(37-31-57)94-77-52-66(92(62-38-32-60(33-39-62)89(16,17)58-26-22-20-23-27-58)63-40-34-61(35-41-63)90(18,19)59-28-24-21-25-29-59)51-76-79(77)91(81-80(94)67-53-70-73(56-78(67)95-81)88(14,15)49-46-85(70,8)9)74-54-71-72(87(12,13)48-47-86(71,10)11)55-75(74)93(76)65-42-43-68-69(50-65)84(6,7)45-44-83(68,4)5/h20-43,50-56H,44-49H2,1-19H3.